The molecule has 0 saturated heterocycles. The summed E-state index contributed by atoms with van der Waals surface area (Å²) in [5.74, 6) is 0.954. The lowest BCUT2D eigenvalue weighted by molar-refractivity contribution is 0.326. The van der Waals surface area contributed by atoms with Crippen LogP contribution in [-0.2, 0) is 6.54 Å². The Kier molecular flexibility index (Phi) is 4.56. The van der Waals surface area contributed by atoms with Crippen molar-refractivity contribution in [1.82, 2.24) is 5.32 Å². The maximum Gasteiger partial charge on any atom is 0.115 e. The molecule has 2 N–H and O–H groups in total. The third-order valence-corrected chi connectivity index (χ3v) is 4.50. The molecular weight excluding hydrogens is 258 g/mol. The Bertz CT molecular complexity index is 550. The van der Waals surface area contributed by atoms with Crippen LogP contribution in [0.3, 0.4) is 0 Å². The number of aromatic hydroxyl groups is 1. The zero-order valence-corrected chi connectivity index (χ0v) is 12.3. The van der Waals surface area contributed by atoms with Crippen LogP contribution in [0.15, 0.2) is 54.6 Å². The summed E-state index contributed by atoms with van der Waals surface area (Å²) in [6.45, 7) is 0.869. The maximum absolute atomic E-state index is 9.34. The minimum atomic E-state index is 0.332. The van der Waals surface area contributed by atoms with Crippen LogP contribution >= 0.6 is 0 Å². The zero-order valence-electron chi connectivity index (χ0n) is 12.3. The summed E-state index contributed by atoms with van der Waals surface area (Å²) in [5, 5.41) is 13.1. The number of hydrogen-bond acceptors (Lipinski definition) is 2. The van der Waals surface area contributed by atoms with Gasteiger partial charge in [-0.05, 0) is 42.0 Å². The highest BCUT2D eigenvalue weighted by atomic mass is 16.3. The van der Waals surface area contributed by atoms with E-state index in [9.17, 15) is 5.11 Å². The van der Waals surface area contributed by atoms with Crippen molar-refractivity contribution in [3.05, 3.63) is 65.7 Å². The van der Waals surface area contributed by atoms with Gasteiger partial charge in [0.2, 0.25) is 0 Å². The Morgan fingerprint density at radius 1 is 0.905 bits per heavy atom. The van der Waals surface area contributed by atoms with Gasteiger partial charge in [0, 0.05) is 12.6 Å². The summed E-state index contributed by atoms with van der Waals surface area (Å²) >= 11 is 0. The molecule has 3 rings (SSSR count). The van der Waals surface area contributed by atoms with Crippen molar-refractivity contribution in [2.24, 2.45) is 0 Å². The van der Waals surface area contributed by atoms with E-state index < -0.39 is 0 Å². The number of rotatable bonds is 4. The topological polar surface area (TPSA) is 32.3 Å². The average Bonchev–Trinajstić information content (AvgIpc) is 2.55. The van der Waals surface area contributed by atoms with Crippen molar-refractivity contribution in [1.29, 1.82) is 0 Å². The van der Waals surface area contributed by atoms with E-state index in [1.54, 1.807) is 12.1 Å². The van der Waals surface area contributed by atoms with Gasteiger partial charge in [0.25, 0.3) is 0 Å². The largest absolute Gasteiger partial charge is 0.508 e. The van der Waals surface area contributed by atoms with Crippen LogP contribution in [0.4, 0.5) is 0 Å². The first-order valence-electron chi connectivity index (χ1n) is 7.89. The molecule has 0 spiro atoms. The third kappa shape index (κ3) is 3.64. The van der Waals surface area contributed by atoms with Gasteiger partial charge in [0.05, 0.1) is 0 Å². The molecule has 2 aromatic rings. The lowest BCUT2D eigenvalue weighted by atomic mass is 9.80. The fourth-order valence-electron chi connectivity index (χ4n) is 3.34. The third-order valence-electron chi connectivity index (χ3n) is 4.50. The molecule has 0 aliphatic heterocycles. The lowest BCUT2D eigenvalue weighted by Crippen LogP contribution is -2.36. The van der Waals surface area contributed by atoms with Gasteiger partial charge < -0.3 is 10.4 Å². The van der Waals surface area contributed by atoms with Gasteiger partial charge in [-0.1, -0.05) is 55.3 Å². The van der Waals surface area contributed by atoms with Crippen molar-refractivity contribution in [3.63, 3.8) is 0 Å². The summed E-state index contributed by atoms with van der Waals surface area (Å²) in [6, 6.07) is 18.9. The molecule has 2 nitrogen and oxygen atoms in total. The molecule has 2 atom stereocenters. The van der Waals surface area contributed by atoms with Gasteiger partial charge in [-0.25, -0.2) is 0 Å². The van der Waals surface area contributed by atoms with E-state index in [-0.39, 0.29) is 0 Å². The fourth-order valence-corrected chi connectivity index (χ4v) is 3.34. The van der Waals surface area contributed by atoms with Gasteiger partial charge in [-0.2, -0.15) is 0 Å². The van der Waals surface area contributed by atoms with E-state index >= 15 is 0 Å². The Hall–Kier alpha value is -1.80. The molecule has 1 aliphatic rings. The quantitative estimate of drug-likeness (QED) is 0.880. The molecule has 0 radical (unpaired) electrons. The van der Waals surface area contributed by atoms with Crippen LogP contribution in [-0.4, -0.2) is 11.1 Å². The van der Waals surface area contributed by atoms with Gasteiger partial charge >= 0.3 is 0 Å². The molecule has 0 amide bonds. The molecule has 0 bridgehead atoms. The number of hydrogen-bond donors (Lipinski definition) is 2. The second kappa shape index (κ2) is 6.77. The highest BCUT2D eigenvalue weighted by Crippen LogP contribution is 2.33. The van der Waals surface area contributed by atoms with Gasteiger partial charge in [0.15, 0.2) is 0 Å². The van der Waals surface area contributed by atoms with Crippen LogP contribution in [0.25, 0.3) is 0 Å². The number of nitrogens with one attached hydrogen (secondary N) is 1. The predicted octanol–water partition coefficient (Wildman–Crippen LogP) is 4.21. The van der Waals surface area contributed by atoms with Crippen LogP contribution in [0, 0.1) is 0 Å². The zero-order chi connectivity index (χ0) is 14.5. The smallest absolute Gasteiger partial charge is 0.115 e. The lowest BCUT2D eigenvalue weighted by Gasteiger charge is -2.33. The average molecular weight is 281 g/mol. The normalized spacial score (nSPS) is 22.1. The van der Waals surface area contributed by atoms with Crippen molar-refractivity contribution in [2.45, 2.75) is 44.2 Å². The van der Waals surface area contributed by atoms with Crippen LogP contribution in [0.5, 0.6) is 5.75 Å². The first-order chi connectivity index (χ1) is 10.3. The molecule has 2 aromatic carbocycles. The molecule has 2 unspecified atom stereocenters. The van der Waals surface area contributed by atoms with E-state index in [1.807, 2.05) is 12.1 Å². The highest BCUT2D eigenvalue weighted by Gasteiger charge is 2.25. The van der Waals surface area contributed by atoms with E-state index in [4.69, 9.17) is 0 Å². The molecule has 2 heteroatoms. The number of phenols is 1. The van der Waals surface area contributed by atoms with E-state index in [0.717, 1.165) is 6.54 Å². The van der Waals surface area contributed by atoms with E-state index in [1.165, 1.54) is 36.8 Å². The Balaban J connectivity index is 1.66. The fraction of sp³-hybridized carbons (Fsp3) is 0.368. The number of benzene rings is 2. The second-order valence-electron chi connectivity index (χ2n) is 5.96. The summed E-state index contributed by atoms with van der Waals surface area (Å²) in [6.07, 6.45) is 5.17. The Labute approximate surface area is 126 Å². The van der Waals surface area contributed by atoms with Gasteiger partial charge in [-0.15, -0.1) is 0 Å². The molecule has 1 saturated carbocycles. The first-order valence-corrected chi connectivity index (χ1v) is 7.89. The van der Waals surface area contributed by atoms with Crippen LogP contribution < -0.4 is 5.32 Å². The molecule has 1 aliphatic carbocycles. The second-order valence-corrected chi connectivity index (χ2v) is 5.96. The van der Waals surface area contributed by atoms with Crippen LogP contribution in [0.2, 0.25) is 0 Å². The SMILES string of the molecule is Oc1ccc(CNC2CCCCC2c2ccccc2)cc1. The van der Waals surface area contributed by atoms with E-state index in [2.05, 4.69) is 35.6 Å². The van der Waals surface area contributed by atoms with Crippen LogP contribution in [0.1, 0.15) is 42.7 Å². The van der Waals surface area contributed by atoms with Crippen molar-refractivity contribution in [2.75, 3.05) is 0 Å². The minimum absolute atomic E-state index is 0.332. The molecule has 0 aromatic heterocycles. The Morgan fingerprint density at radius 3 is 2.38 bits per heavy atom. The van der Waals surface area contributed by atoms with E-state index in [0.29, 0.717) is 17.7 Å². The summed E-state index contributed by atoms with van der Waals surface area (Å²) < 4.78 is 0. The first kappa shape index (κ1) is 14.2. The monoisotopic (exact) mass is 281 g/mol. The molecular formula is C19H23NO. The Morgan fingerprint density at radius 2 is 1.62 bits per heavy atom. The van der Waals surface area contributed by atoms with Gasteiger partial charge in [0.1, 0.15) is 5.75 Å². The van der Waals surface area contributed by atoms with Crippen molar-refractivity contribution >= 4 is 0 Å². The summed E-state index contributed by atoms with van der Waals surface area (Å²) in [7, 11) is 0. The molecule has 1 fully saturated rings. The summed E-state index contributed by atoms with van der Waals surface area (Å²) in [4.78, 5) is 0. The minimum Gasteiger partial charge on any atom is -0.508 e. The molecule has 21 heavy (non-hydrogen) atoms. The maximum atomic E-state index is 9.34. The molecule has 0 heterocycles. The number of phenolic OH excluding ortho intramolecular Hbond substituents is 1. The van der Waals surface area contributed by atoms with Gasteiger partial charge in [-0.3, -0.25) is 0 Å². The molecule has 110 valence electrons. The van der Waals surface area contributed by atoms with Crippen molar-refractivity contribution < 1.29 is 5.11 Å². The van der Waals surface area contributed by atoms with Crippen molar-refractivity contribution in [3.8, 4) is 5.75 Å². The standard InChI is InChI=1S/C19H23NO/c21-17-12-10-15(11-13-17)14-20-19-9-5-4-8-18(19)16-6-2-1-3-7-16/h1-3,6-7,10-13,18-21H,4-5,8-9,14H2. The summed E-state index contributed by atoms with van der Waals surface area (Å²) in [5.41, 5.74) is 2.69. The highest BCUT2D eigenvalue weighted by molar-refractivity contribution is 5.26. The predicted molar refractivity (Wildman–Crippen MR) is 86.4 cm³/mol.